The molecule has 0 aliphatic heterocycles. The lowest BCUT2D eigenvalue weighted by Gasteiger charge is -2.30. The van der Waals surface area contributed by atoms with Crippen molar-refractivity contribution in [3.8, 4) is 0 Å². The molecular formula is C2H22N3O10P3. The Morgan fingerprint density at radius 2 is 0.889 bits per heavy atom. The van der Waals surface area contributed by atoms with Crippen LogP contribution < -0.4 is 33.1 Å². The predicted octanol–water partition coefficient (Wildman–Crippen LogP) is -0.190. The fraction of sp³-hybridized carbons (Fsp3) is 1.00. The van der Waals surface area contributed by atoms with Crippen molar-refractivity contribution in [2.45, 2.75) is 14.9 Å². The zero-order valence-corrected chi connectivity index (χ0v) is 11.2. The zero-order valence-electron chi connectivity index (χ0n) is 8.50. The van der Waals surface area contributed by atoms with E-state index in [0.29, 0.717) is 0 Å². The largest absolute Gasteiger partial charge is 0.756 e. The van der Waals surface area contributed by atoms with E-state index in [-0.39, 0.29) is 33.3 Å². The lowest BCUT2D eigenvalue weighted by molar-refractivity contribution is -0.247. The quantitative estimate of drug-likeness (QED) is 0.419. The summed E-state index contributed by atoms with van der Waals surface area (Å²) in [6.07, 6.45) is 0. The van der Waals surface area contributed by atoms with Gasteiger partial charge in [-0.25, -0.2) is 8.62 Å². The smallest absolute Gasteiger partial charge is 0.280 e. The van der Waals surface area contributed by atoms with E-state index in [2.05, 4.69) is 8.62 Å². The summed E-state index contributed by atoms with van der Waals surface area (Å²) in [5, 5.41) is 0. The molecule has 0 aliphatic carbocycles. The van der Waals surface area contributed by atoms with Gasteiger partial charge < -0.3 is 42.9 Å². The second-order valence-corrected chi connectivity index (χ2v) is 5.62. The Labute approximate surface area is 104 Å². The number of hydrogen-bond acceptors (Lipinski definition) is 8. The molecule has 0 aromatic heterocycles. The molecule has 0 saturated carbocycles. The monoisotopic (exact) mass is 341 g/mol. The lowest BCUT2D eigenvalue weighted by Crippen LogP contribution is -2.13. The minimum Gasteiger partial charge on any atom is -0.756 e. The van der Waals surface area contributed by atoms with E-state index in [1.54, 1.807) is 0 Å². The van der Waals surface area contributed by atoms with Crippen LogP contribution in [0.4, 0.5) is 0 Å². The molecule has 14 N–H and O–H groups in total. The SMILES string of the molecule is C.C.O=P([O-])(O)OP(=O)([O-])OP(=O)([O-])O.[NH4+].[NH4+].[NH4+]. The molecule has 2 unspecified atom stereocenters. The summed E-state index contributed by atoms with van der Waals surface area (Å²) < 4.78 is 35.3. The van der Waals surface area contributed by atoms with Crippen LogP contribution in [0.1, 0.15) is 14.9 Å². The van der Waals surface area contributed by atoms with Gasteiger partial charge in [0, 0.05) is 0 Å². The number of quaternary nitrogens is 3. The third-order valence-corrected chi connectivity index (χ3v) is 3.66. The molecule has 0 aliphatic rings. The Hall–Kier alpha value is 0.290. The third-order valence-electron chi connectivity index (χ3n) is 0.406. The fourth-order valence-corrected chi connectivity index (χ4v) is 2.68. The van der Waals surface area contributed by atoms with Gasteiger partial charge in [-0.2, -0.15) is 0 Å². The summed E-state index contributed by atoms with van der Waals surface area (Å²) in [5.41, 5.74) is 0. The molecule has 0 amide bonds. The summed E-state index contributed by atoms with van der Waals surface area (Å²) in [6, 6.07) is 0. The van der Waals surface area contributed by atoms with Gasteiger partial charge in [0.2, 0.25) is 0 Å². The first-order valence-electron chi connectivity index (χ1n) is 2.23. The van der Waals surface area contributed by atoms with Crippen molar-refractivity contribution in [1.82, 2.24) is 18.5 Å². The summed E-state index contributed by atoms with van der Waals surface area (Å²) in [5.74, 6) is 0. The fourth-order valence-electron chi connectivity index (χ4n) is 0.268. The van der Waals surface area contributed by atoms with E-state index in [1.807, 2.05) is 0 Å². The molecule has 0 aromatic rings. The van der Waals surface area contributed by atoms with Crippen LogP contribution in [0, 0.1) is 0 Å². The molecular weight excluding hydrogens is 319 g/mol. The van der Waals surface area contributed by atoms with Gasteiger partial charge in [0.1, 0.15) is 0 Å². The molecule has 0 spiro atoms. The maximum absolute atomic E-state index is 10.2. The minimum atomic E-state index is -5.84. The Morgan fingerprint density at radius 1 is 0.722 bits per heavy atom. The van der Waals surface area contributed by atoms with Gasteiger partial charge in [0.05, 0.1) is 0 Å². The van der Waals surface area contributed by atoms with Crippen LogP contribution in [-0.2, 0) is 22.3 Å². The van der Waals surface area contributed by atoms with Crippen molar-refractivity contribution in [1.29, 1.82) is 0 Å². The van der Waals surface area contributed by atoms with Gasteiger partial charge >= 0.3 is 0 Å². The normalized spacial score (nSPS) is 18.5. The highest BCUT2D eigenvalue weighted by Gasteiger charge is 2.21. The van der Waals surface area contributed by atoms with Crippen LogP contribution in [0.3, 0.4) is 0 Å². The van der Waals surface area contributed by atoms with Gasteiger partial charge in [0.15, 0.2) is 0 Å². The third kappa shape index (κ3) is 25.2. The van der Waals surface area contributed by atoms with Crippen LogP contribution in [0.25, 0.3) is 0 Å². The molecule has 0 bridgehead atoms. The van der Waals surface area contributed by atoms with Crippen molar-refractivity contribution in [3.05, 3.63) is 0 Å². The molecule has 0 aromatic carbocycles. The van der Waals surface area contributed by atoms with E-state index < -0.39 is 23.5 Å². The first kappa shape index (κ1) is 36.2. The summed E-state index contributed by atoms with van der Waals surface area (Å²) >= 11 is 0. The standard InChI is InChI=1S/2CH4.3H3N.H5O10P3/c;;;;;1-11(2,3)9-13(7,8)10-12(4,5)6/h2*1H4;3*1H3;(H,7,8)(H2,1,2,3)(H2,4,5,6). The second-order valence-electron chi connectivity index (χ2n) is 1.55. The van der Waals surface area contributed by atoms with Crippen LogP contribution in [-0.4, -0.2) is 9.79 Å². The van der Waals surface area contributed by atoms with E-state index in [1.165, 1.54) is 0 Å². The molecule has 16 heteroatoms. The Kier molecular flexibility index (Phi) is 22.4. The second kappa shape index (κ2) is 11.1. The van der Waals surface area contributed by atoms with Gasteiger partial charge in [-0.05, 0) is 0 Å². The van der Waals surface area contributed by atoms with Gasteiger partial charge in [0.25, 0.3) is 23.5 Å². The van der Waals surface area contributed by atoms with Gasteiger partial charge in [-0.15, -0.1) is 0 Å². The maximum Gasteiger partial charge on any atom is 0.280 e. The Balaban J connectivity index is -0.0000000720. The molecule has 2 atom stereocenters. The summed E-state index contributed by atoms with van der Waals surface area (Å²) in [7, 11) is -17.2. The van der Waals surface area contributed by atoms with Crippen LogP contribution in [0.15, 0.2) is 0 Å². The number of hydrogen-bond donors (Lipinski definition) is 5. The van der Waals surface area contributed by atoms with Gasteiger partial charge in [-0.1, -0.05) is 14.9 Å². The molecule has 13 nitrogen and oxygen atoms in total. The molecule has 120 valence electrons. The van der Waals surface area contributed by atoms with Crippen LogP contribution >= 0.6 is 23.5 Å². The average Bonchev–Trinajstić information content (AvgIpc) is 1.43. The Bertz CT molecular complexity index is 292. The molecule has 0 saturated heterocycles. The number of phosphoric acid groups is 3. The van der Waals surface area contributed by atoms with E-state index >= 15 is 0 Å². The van der Waals surface area contributed by atoms with Crippen molar-refractivity contribution in [2.75, 3.05) is 0 Å². The van der Waals surface area contributed by atoms with E-state index in [0.717, 1.165) is 0 Å². The van der Waals surface area contributed by atoms with E-state index in [9.17, 15) is 28.4 Å². The van der Waals surface area contributed by atoms with E-state index in [4.69, 9.17) is 9.79 Å². The molecule has 0 heterocycles. The summed E-state index contributed by atoms with van der Waals surface area (Å²) in [6.45, 7) is 0. The van der Waals surface area contributed by atoms with Crippen molar-refractivity contribution >= 4 is 23.5 Å². The minimum absolute atomic E-state index is 0. The molecule has 0 radical (unpaired) electrons. The molecule has 0 fully saturated rings. The highest BCUT2D eigenvalue weighted by atomic mass is 31.3. The molecule has 18 heavy (non-hydrogen) atoms. The number of rotatable bonds is 4. The van der Waals surface area contributed by atoms with Gasteiger partial charge in [-0.3, -0.25) is 13.7 Å². The van der Waals surface area contributed by atoms with Crippen molar-refractivity contribution in [3.63, 3.8) is 0 Å². The first-order valence-corrected chi connectivity index (χ1v) is 6.68. The summed E-state index contributed by atoms with van der Waals surface area (Å²) in [4.78, 5) is 45.3. The highest BCUT2D eigenvalue weighted by molar-refractivity contribution is 7.64. The van der Waals surface area contributed by atoms with Crippen LogP contribution in [0.2, 0.25) is 0 Å². The maximum atomic E-state index is 10.2. The van der Waals surface area contributed by atoms with Crippen molar-refractivity contribution < 1.29 is 46.8 Å². The highest BCUT2D eigenvalue weighted by Crippen LogP contribution is 2.59. The topological polar surface area (TPSA) is 289 Å². The first-order chi connectivity index (χ1) is 5.41. The predicted molar refractivity (Wildman–Crippen MR) is 60.8 cm³/mol. The Morgan fingerprint density at radius 3 is 1.00 bits per heavy atom. The average molecular weight is 341 g/mol. The van der Waals surface area contributed by atoms with Crippen LogP contribution in [0.5, 0.6) is 0 Å². The molecule has 0 rings (SSSR count). The van der Waals surface area contributed by atoms with Crippen molar-refractivity contribution in [2.24, 2.45) is 0 Å². The zero-order chi connectivity index (χ0) is 10.9. The lowest BCUT2D eigenvalue weighted by atomic mass is 12.0.